The lowest BCUT2D eigenvalue weighted by Gasteiger charge is -2.22. The predicted octanol–water partition coefficient (Wildman–Crippen LogP) is 2.78. The summed E-state index contributed by atoms with van der Waals surface area (Å²) < 4.78 is 0. The van der Waals surface area contributed by atoms with E-state index in [4.69, 9.17) is 0 Å². The summed E-state index contributed by atoms with van der Waals surface area (Å²) >= 11 is 0. The quantitative estimate of drug-likeness (QED) is 0.787. The summed E-state index contributed by atoms with van der Waals surface area (Å²) in [6.07, 6.45) is 5.56. The van der Waals surface area contributed by atoms with Crippen molar-refractivity contribution in [2.75, 3.05) is 0 Å². The summed E-state index contributed by atoms with van der Waals surface area (Å²) in [5.74, 6) is 0. The fourth-order valence-corrected chi connectivity index (χ4v) is 2.60. The van der Waals surface area contributed by atoms with E-state index in [0.717, 1.165) is 19.4 Å². The average Bonchev–Trinajstić information content (AvgIpc) is 2.52. The fourth-order valence-electron chi connectivity index (χ4n) is 2.60. The van der Waals surface area contributed by atoms with E-state index in [2.05, 4.69) is 36.5 Å². The average molecular weight is 233 g/mol. The molecule has 94 valence electrons. The van der Waals surface area contributed by atoms with E-state index in [1.165, 1.54) is 30.4 Å². The van der Waals surface area contributed by atoms with Crippen molar-refractivity contribution in [2.45, 2.75) is 57.7 Å². The van der Waals surface area contributed by atoms with E-state index in [-0.39, 0.29) is 12.1 Å². The lowest BCUT2D eigenvalue weighted by Crippen LogP contribution is -2.38. The van der Waals surface area contributed by atoms with Gasteiger partial charge in [-0.25, -0.2) is 0 Å². The monoisotopic (exact) mass is 233 g/mol. The highest BCUT2D eigenvalue weighted by molar-refractivity contribution is 5.22. The summed E-state index contributed by atoms with van der Waals surface area (Å²) in [6.45, 7) is 2.98. The van der Waals surface area contributed by atoms with Gasteiger partial charge >= 0.3 is 0 Å². The van der Waals surface area contributed by atoms with Gasteiger partial charge in [-0.2, -0.15) is 0 Å². The maximum absolute atomic E-state index is 10.0. The van der Waals surface area contributed by atoms with E-state index in [9.17, 15) is 5.11 Å². The molecule has 0 bridgehead atoms. The van der Waals surface area contributed by atoms with Gasteiger partial charge in [0.2, 0.25) is 0 Å². The van der Waals surface area contributed by atoms with Crippen molar-refractivity contribution < 1.29 is 5.11 Å². The number of aliphatic hydroxyl groups excluding tert-OH is 1. The Kier molecular flexibility index (Phi) is 4.57. The molecular formula is C15H23NO. The lowest BCUT2D eigenvalue weighted by molar-refractivity contribution is 0.119. The fraction of sp³-hybridized carbons (Fsp3) is 0.600. The molecule has 1 saturated carbocycles. The number of hydrogen-bond acceptors (Lipinski definition) is 2. The third-order valence-electron chi connectivity index (χ3n) is 3.63. The van der Waals surface area contributed by atoms with Gasteiger partial charge in [-0.15, -0.1) is 0 Å². The Bertz CT molecular complexity index is 351. The molecule has 2 unspecified atom stereocenters. The highest BCUT2D eigenvalue weighted by atomic mass is 16.3. The molecule has 1 aromatic rings. The second kappa shape index (κ2) is 6.18. The van der Waals surface area contributed by atoms with Crippen LogP contribution in [-0.2, 0) is 6.54 Å². The van der Waals surface area contributed by atoms with Gasteiger partial charge in [0.1, 0.15) is 0 Å². The summed E-state index contributed by atoms with van der Waals surface area (Å²) in [7, 11) is 0. The van der Waals surface area contributed by atoms with Crippen molar-refractivity contribution >= 4 is 0 Å². The molecule has 2 N–H and O–H groups in total. The summed E-state index contributed by atoms with van der Waals surface area (Å²) in [5.41, 5.74) is 2.60. The standard InChI is InChI=1S/C15H23NO/c1-12-6-5-7-13(10-12)11-16-14-8-3-2-4-9-15(14)17/h5-7,10,14-17H,2-4,8-9,11H2,1H3. The van der Waals surface area contributed by atoms with Crippen LogP contribution in [0.5, 0.6) is 0 Å². The number of benzene rings is 1. The molecule has 0 aliphatic heterocycles. The molecule has 0 radical (unpaired) electrons. The highest BCUT2D eigenvalue weighted by Gasteiger charge is 2.20. The van der Waals surface area contributed by atoms with Crippen molar-refractivity contribution in [2.24, 2.45) is 0 Å². The third kappa shape index (κ3) is 3.83. The Balaban J connectivity index is 1.88. The van der Waals surface area contributed by atoms with Gasteiger partial charge in [-0.3, -0.25) is 0 Å². The molecule has 0 saturated heterocycles. The first kappa shape index (κ1) is 12.6. The molecular weight excluding hydrogens is 210 g/mol. The first-order valence-electron chi connectivity index (χ1n) is 6.73. The number of aliphatic hydroxyl groups is 1. The zero-order valence-electron chi connectivity index (χ0n) is 10.7. The van der Waals surface area contributed by atoms with Gasteiger partial charge in [0.15, 0.2) is 0 Å². The van der Waals surface area contributed by atoms with Gasteiger partial charge < -0.3 is 10.4 Å². The zero-order chi connectivity index (χ0) is 12.1. The molecule has 17 heavy (non-hydrogen) atoms. The molecule has 1 fully saturated rings. The first-order valence-corrected chi connectivity index (χ1v) is 6.73. The Morgan fingerprint density at radius 1 is 1.24 bits per heavy atom. The van der Waals surface area contributed by atoms with E-state index >= 15 is 0 Å². The molecule has 0 aromatic heterocycles. The number of hydrogen-bond donors (Lipinski definition) is 2. The van der Waals surface area contributed by atoms with E-state index in [1.54, 1.807) is 0 Å². The largest absolute Gasteiger partial charge is 0.392 e. The van der Waals surface area contributed by atoms with Crippen molar-refractivity contribution in [3.05, 3.63) is 35.4 Å². The van der Waals surface area contributed by atoms with Crippen molar-refractivity contribution in [3.63, 3.8) is 0 Å². The maximum Gasteiger partial charge on any atom is 0.0693 e. The topological polar surface area (TPSA) is 32.3 Å². The van der Waals surface area contributed by atoms with Crippen molar-refractivity contribution in [3.8, 4) is 0 Å². The van der Waals surface area contributed by atoms with Crippen LogP contribution in [0, 0.1) is 6.92 Å². The van der Waals surface area contributed by atoms with E-state index in [0.29, 0.717) is 0 Å². The zero-order valence-corrected chi connectivity index (χ0v) is 10.7. The van der Waals surface area contributed by atoms with Gasteiger partial charge in [-0.05, 0) is 25.3 Å². The van der Waals surface area contributed by atoms with Crippen LogP contribution < -0.4 is 5.32 Å². The summed E-state index contributed by atoms with van der Waals surface area (Å²) in [4.78, 5) is 0. The third-order valence-corrected chi connectivity index (χ3v) is 3.63. The van der Waals surface area contributed by atoms with Gasteiger partial charge in [0, 0.05) is 12.6 Å². The smallest absolute Gasteiger partial charge is 0.0693 e. The SMILES string of the molecule is Cc1cccc(CNC2CCCCCC2O)c1. The minimum absolute atomic E-state index is 0.165. The van der Waals surface area contributed by atoms with Crippen LogP contribution in [0.4, 0.5) is 0 Å². The second-order valence-electron chi connectivity index (χ2n) is 5.18. The highest BCUT2D eigenvalue weighted by Crippen LogP contribution is 2.18. The van der Waals surface area contributed by atoms with Crippen molar-refractivity contribution in [1.82, 2.24) is 5.32 Å². The minimum atomic E-state index is -0.165. The van der Waals surface area contributed by atoms with Crippen LogP contribution >= 0.6 is 0 Å². The van der Waals surface area contributed by atoms with E-state index in [1.807, 2.05) is 0 Å². The first-order chi connectivity index (χ1) is 8.25. The molecule has 1 aliphatic rings. The molecule has 2 nitrogen and oxygen atoms in total. The molecule has 2 heteroatoms. The summed E-state index contributed by atoms with van der Waals surface area (Å²) in [6, 6.07) is 8.83. The molecule has 0 amide bonds. The van der Waals surface area contributed by atoms with Crippen LogP contribution in [-0.4, -0.2) is 17.3 Å². The van der Waals surface area contributed by atoms with Gasteiger partial charge in [0.05, 0.1) is 6.10 Å². The Hall–Kier alpha value is -0.860. The number of nitrogens with one attached hydrogen (secondary N) is 1. The molecule has 2 atom stereocenters. The molecule has 0 spiro atoms. The van der Waals surface area contributed by atoms with Gasteiger partial charge in [-0.1, -0.05) is 49.1 Å². The van der Waals surface area contributed by atoms with Crippen LogP contribution in [0.25, 0.3) is 0 Å². The van der Waals surface area contributed by atoms with E-state index < -0.39 is 0 Å². The number of rotatable bonds is 3. The Morgan fingerprint density at radius 2 is 2.06 bits per heavy atom. The predicted molar refractivity (Wildman–Crippen MR) is 70.9 cm³/mol. The second-order valence-corrected chi connectivity index (χ2v) is 5.18. The molecule has 1 aromatic carbocycles. The molecule has 1 aliphatic carbocycles. The van der Waals surface area contributed by atoms with Crippen molar-refractivity contribution in [1.29, 1.82) is 0 Å². The minimum Gasteiger partial charge on any atom is -0.392 e. The Labute approximate surface area is 104 Å². The summed E-state index contributed by atoms with van der Waals surface area (Å²) in [5, 5.41) is 13.5. The normalized spacial score (nSPS) is 25.5. The van der Waals surface area contributed by atoms with Gasteiger partial charge in [0.25, 0.3) is 0 Å². The Morgan fingerprint density at radius 3 is 2.88 bits per heavy atom. The van der Waals surface area contributed by atoms with Crippen LogP contribution in [0.2, 0.25) is 0 Å². The maximum atomic E-state index is 10.0. The molecule has 0 heterocycles. The lowest BCUT2D eigenvalue weighted by atomic mass is 10.1. The van der Waals surface area contributed by atoms with Crippen LogP contribution in [0.15, 0.2) is 24.3 Å². The molecule has 2 rings (SSSR count). The number of aryl methyl sites for hydroxylation is 1. The van der Waals surface area contributed by atoms with Crippen LogP contribution in [0.1, 0.15) is 43.2 Å². The van der Waals surface area contributed by atoms with Crippen LogP contribution in [0.3, 0.4) is 0 Å².